The molecule has 1 fully saturated rings. The number of aromatic nitrogens is 1. The number of fused-ring (bicyclic) bond motifs is 1. The second-order valence-electron chi connectivity index (χ2n) is 7.32. The quantitative estimate of drug-likeness (QED) is 0.588. The summed E-state index contributed by atoms with van der Waals surface area (Å²) >= 11 is 0. The van der Waals surface area contributed by atoms with Crippen molar-refractivity contribution in [2.45, 2.75) is 20.3 Å². The van der Waals surface area contributed by atoms with E-state index in [2.05, 4.69) is 71.6 Å². The molecule has 146 valence electrons. The summed E-state index contributed by atoms with van der Waals surface area (Å²) in [6.07, 6.45) is 4.69. The largest absolute Gasteiger partial charge is 0.340 e. The molecule has 4 heteroatoms. The lowest BCUT2D eigenvalue weighted by atomic mass is 10.00. The van der Waals surface area contributed by atoms with Gasteiger partial charge in [0.2, 0.25) is 0 Å². The minimum atomic E-state index is 0.805. The first-order valence-corrected chi connectivity index (χ1v) is 9.99. The Kier molecular flexibility index (Phi) is 5.54. The van der Waals surface area contributed by atoms with Crippen LogP contribution in [0.3, 0.4) is 0 Å². The Bertz CT molecular complexity index is 1120. The first-order chi connectivity index (χ1) is 14.2. The molecule has 0 amide bonds. The Morgan fingerprint density at radius 1 is 1.17 bits per heavy atom. The van der Waals surface area contributed by atoms with E-state index in [-0.39, 0.29) is 0 Å². The highest BCUT2D eigenvalue weighted by Gasteiger charge is 2.15. The van der Waals surface area contributed by atoms with Gasteiger partial charge in [-0.25, -0.2) is 4.99 Å². The summed E-state index contributed by atoms with van der Waals surface area (Å²) in [6, 6.07) is 16.8. The predicted octanol–water partition coefficient (Wildman–Crippen LogP) is 5.47. The Hall–Kier alpha value is -3.24. The van der Waals surface area contributed by atoms with E-state index in [0.717, 1.165) is 53.2 Å². The third-order valence-electron chi connectivity index (χ3n) is 5.27. The molecule has 4 nitrogen and oxygen atoms in total. The Balaban J connectivity index is 1.72. The number of rotatable bonds is 4. The van der Waals surface area contributed by atoms with E-state index in [1.54, 1.807) is 0 Å². The molecule has 29 heavy (non-hydrogen) atoms. The number of piperidine rings is 1. The molecule has 1 saturated heterocycles. The number of hydrogen-bond donors (Lipinski definition) is 2. The first-order valence-electron chi connectivity index (χ1n) is 9.99. The van der Waals surface area contributed by atoms with Gasteiger partial charge in [0, 0.05) is 35.6 Å². The normalized spacial score (nSPS) is 16.4. The summed E-state index contributed by atoms with van der Waals surface area (Å²) in [7, 11) is 0. The molecule has 0 unspecified atom stereocenters. The molecule has 2 heterocycles. The highest BCUT2D eigenvalue weighted by molar-refractivity contribution is 5.86. The van der Waals surface area contributed by atoms with Crippen molar-refractivity contribution in [2.24, 2.45) is 4.99 Å². The summed E-state index contributed by atoms with van der Waals surface area (Å²) in [6.45, 7) is 10.0. The van der Waals surface area contributed by atoms with Gasteiger partial charge in [0.1, 0.15) is 5.82 Å². The summed E-state index contributed by atoms with van der Waals surface area (Å²) in [5.74, 6) is 0.875. The molecule has 3 aromatic rings. The number of pyridine rings is 1. The average molecular weight is 383 g/mol. The van der Waals surface area contributed by atoms with Crippen LogP contribution >= 0.6 is 0 Å². The fourth-order valence-electron chi connectivity index (χ4n) is 3.68. The van der Waals surface area contributed by atoms with Crippen molar-refractivity contribution >= 4 is 22.7 Å². The number of benzene rings is 2. The van der Waals surface area contributed by atoms with Gasteiger partial charge >= 0.3 is 0 Å². The molecule has 0 spiro atoms. The lowest BCUT2D eigenvalue weighted by Gasteiger charge is -2.21. The zero-order valence-corrected chi connectivity index (χ0v) is 17.0. The van der Waals surface area contributed by atoms with E-state index in [4.69, 9.17) is 4.98 Å². The molecule has 0 bridgehead atoms. The SMILES string of the molecule is C=C1CNCC/C1=C(/N=C\C)Nc1ccc(C)c(-c2cc3ccccc3cn2)c1. The summed E-state index contributed by atoms with van der Waals surface area (Å²) in [5.41, 5.74) is 6.57. The minimum Gasteiger partial charge on any atom is -0.340 e. The van der Waals surface area contributed by atoms with Crippen molar-refractivity contribution in [1.29, 1.82) is 0 Å². The second kappa shape index (κ2) is 8.41. The topological polar surface area (TPSA) is 49.3 Å². The molecular weight excluding hydrogens is 356 g/mol. The fraction of sp³-hybridized carbons (Fsp3) is 0.200. The van der Waals surface area contributed by atoms with Crippen LogP contribution in [0.25, 0.3) is 22.0 Å². The Morgan fingerprint density at radius 2 is 2.00 bits per heavy atom. The van der Waals surface area contributed by atoms with Crippen molar-refractivity contribution < 1.29 is 0 Å². The van der Waals surface area contributed by atoms with Crippen LogP contribution < -0.4 is 10.6 Å². The zero-order valence-electron chi connectivity index (χ0n) is 17.0. The van der Waals surface area contributed by atoms with Crippen LogP contribution in [0.4, 0.5) is 5.69 Å². The van der Waals surface area contributed by atoms with Crippen molar-refractivity contribution in [3.05, 3.63) is 83.8 Å². The van der Waals surface area contributed by atoms with E-state index in [0.29, 0.717) is 0 Å². The summed E-state index contributed by atoms with van der Waals surface area (Å²) in [4.78, 5) is 9.30. The number of aryl methyl sites for hydroxylation is 1. The number of nitrogens with one attached hydrogen (secondary N) is 2. The smallest absolute Gasteiger partial charge is 0.133 e. The monoisotopic (exact) mass is 382 g/mol. The number of anilines is 1. The van der Waals surface area contributed by atoms with Crippen LogP contribution in [0.1, 0.15) is 18.9 Å². The van der Waals surface area contributed by atoms with E-state index in [1.807, 2.05) is 25.4 Å². The summed E-state index contributed by atoms with van der Waals surface area (Å²) in [5, 5.41) is 9.22. The average Bonchev–Trinajstić information content (AvgIpc) is 2.75. The highest BCUT2D eigenvalue weighted by atomic mass is 15.0. The third-order valence-corrected chi connectivity index (χ3v) is 5.27. The maximum atomic E-state index is 4.70. The molecule has 0 atom stereocenters. The minimum absolute atomic E-state index is 0.805. The van der Waals surface area contributed by atoms with Crippen LogP contribution in [0.5, 0.6) is 0 Å². The van der Waals surface area contributed by atoms with Crippen molar-refractivity contribution in [1.82, 2.24) is 10.3 Å². The van der Waals surface area contributed by atoms with E-state index in [9.17, 15) is 0 Å². The molecule has 2 N–H and O–H groups in total. The van der Waals surface area contributed by atoms with E-state index >= 15 is 0 Å². The fourth-order valence-corrected chi connectivity index (χ4v) is 3.68. The molecule has 1 aliphatic rings. The van der Waals surface area contributed by atoms with Gasteiger partial charge in [0.15, 0.2) is 0 Å². The van der Waals surface area contributed by atoms with Gasteiger partial charge in [-0.3, -0.25) is 4.98 Å². The lowest BCUT2D eigenvalue weighted by Crippen LogP contribution is -2.26. The van der Waals surface area contributed by atoms with E-state index < -0.39 is 0 Å². The van der Waals surface area contributed by atoms with Crippen LogP contribution in [0.15, 0.2) is 83.3 Å². The van der Waals surface area contributed by atoms with E-state index in [1.165, 1.54) is 16.5 Å². The maximum Gasteiger partial charge on any atom is 0.133 e. The van der Waals surface area contributed by atoms with Crippen LogP contribution in [-0.2, 0) is 0 Å². The Labute approximate surface area is 172 Å². The molecular formula is C25H26N4. The van der Waals surface area contributed by atoms with Gasteiger partial charge < -0.3 is 10.6 Å². The zero-order chi connectivity index (χ0) is 20.2. The number of aliphatic imine (C=N–C) groups is 1. The van der Waals surface area contributed by atoms with Gasteiger partial charge in [-0.15, -0.1) is 0 Å². The number of nitrogens with zero attached hydrogens (tertiary/aromatic N) is 2. The van der Waals surface area contributed by atoms with Crippen LogP contribution in [0.2, 0.25) is 0 Å². The van der Waals surface area contributed by atoms with Crippen LogP contribution in [0, 0.1) is 6.92 Å². The highest BCUT2D eigenvalue weighted by Crippen LogP contribution is 2.29. The standard InChI is InChI=1S/C25H26N4/c1-4-27-25(22-11-12-26-15-18(22)3)29-21-10-9-17(2)23(14-21)24-13-19-7-5-6-8-20(19)16-28-24/h4-10,13-14,16,26,29H,3,11-12,15H2,1-2H3/b25-22+,27-4-. The lowest BCUT2D eigenvalue weighted by molar-refractivity contribution is 0.679. The third kappa shape index (κ3) is 4.13. The maximum absolute atomic E-state index is 4.70. The van der Waals surface area contributed by atoms with Gasteiger partial charge in [-0.1, -0.05) is 36.9 Å². The molecule has 0 aliphatic carbocycles. The number of hydrogen-bond acceptors (Lipinski definition) is 4. The second-order valence-corrected chi connectivity index (χ2v) is 7.32. The predicted molar refractivity (Wildman–Crippen MR) is 123 cm³/mol. The van der Waals surface area contributed by atoms with Crippen LogP contribution in [-0.4, -0.2) is 24.3 Å². The molecule has 1 aromatic heterocycles. The summed E-state index contributed by atoms with van der Waals surface area (Å²) < 4.78 is 0. The van der Waals surface area contributed by atoms with Crippen molar-refractivity contribution in [3.8, 4) is 11.3 Å². The molecule has 2 aromatic carbocycles. The van der Waals surface area contributed by atoms with Gasteiger partial charge in [0.05, 0.1) is 5.69 Å². The molecule has 4 rings (SSSR count). The van der Waals surface area contributed by atoms with Crippen molar-refractivity contribution in [2.75, 3.05) is 18.4 Å². The molecule has 0 radical (unpaired) electrons. The van der Waals surface area contributed by atoms with Gasteiger partial charge in [-0.2, -0.15) is 0 Å². The molecule has 1 aliphatic heterocycles. The molecule has 0 saturated carbocycles. The van der Waals surface area contributed by atoms with Gasteiger partial charge in [0.25, 0.3) is 0 Å². The Morgan fingerprint density at radius 3 is 2.79 bits per heavy atom. The van der Waals surface area contributed by atoms with Gasteiger partial charge in [-0.05, 0) is 67.1 Å². The first kappa shape index (κ1) is 19.1. The van der Waals surface area contributed by atoms with Crippen molar-refractivity contribution in [3.63, 3.8) is 0 Å².